The van der Waals surface area contributed by atoms with Crippen molar-refractivity contribution in [2.45, 2.75) is 57.9 Å². The summed E-state index contributed by atoms with van der Waals surface area (Å²) in [5.74, 6) is 0.853. The number of piperidine rings is 1. The Bertz CT molecular complexity index is 244. The summed E-state index contributed by atoms with van der Waals surface area (Å²) in [6.07, 6.45) is 7.25. The molecule has 0 aromatic carbocycles. The summed E-state index contributed by atoms with van der Waals surface area (Å²) in [5.41, 5.74) is 5.62. The number of nitrogens with zero attached hydrogens (tertiary/aromatic N) is 1. The molecule has 1 amide bonds. The van der Waals surface area contributed by atoms with E-state index in [1.54, 1.807) is 0 Å². The smallest absolute Gasteiger partial charge is 0.220 e. The van der Waals surface area contributed by atoms with Crippen molar-refractivity contribution in [3.8, 4) is 0 Å². The van der Waals surface area contributed by atoms with Gasteiger partial charge in [0.1, 0.15) is 0 Å². The fourth-order valence-electron chi connectivity index (χ4n) is 2.86. The quantitative estimate of drug-likeness (QED) is 0.706. The monoisotopic (exact) mass is 269 g/mol. The van der Waals surface area contributed by atoms with Gasteiger partial charge in [-0.2, -0.15) is 0 Å². The SMILES string of the molecule is CCCC(CCN)CCC(=O)NC1CCN(C)CC1. The molecule has 0 bridgehead atoms. The largest absolute Gasteiger partial charge is 0.353 e. The lowest BCUT2D eigenvalue weighted by atomic mass is 9.94. The summed E-state index contributed by atoms with van der Waals surface area (Å²) in [5, 5.41) is 3.18. The van der Waals surface area contributed by atoms with Gasteiger partial charge in [0, 0.05) is 12.5 Å². The van der Waals surface area contributed by atoms with Gasteiger partial charge in [-0.25, -0.2) is 0 Å². The Hall–Kier alpha value is -0.610. The van der Waals surface area contributed by atoms with Crippen molar-refractivity contribution in [3.05, 3.63) is 0 Å². The lowest BCUT2D eigenvalue weighted by Gasteiger charge is -2.29. The van der Waals surface area contributed by atoms with Crippen LogP contribution in [0.5, 0.6) is 0 Å². The summed E-state index contributed by atoms with van der Waals surface area (Å²) >= 11 is 0. The molecule has 0 saturated carbocycles. The number of hydrogen-bond acceptors (Lipinski definition) is 3. The van der Waals surface area contributed by atoms with Crippen molar-refractivity contribution in [2.75, 3.05) is 26.7 Å². The van der Waals surface area contributed by atoms with Crippen LogP contribution in [0.15, 0.2) is 0 Å². The van der Waals surface area contributed by atoms with E-state index in [1.807, 2.05) is 0 Å². The van der Waals surface area contributed by atoms with E-state index in [0.29, 0.717) is 18.4 Å². The minimum atomic E-state index is 0.229. The highest BCUT2D eigenvalue weighted by atomic mass is 16.1. The van der Waals surface area contributed by atoms with E-state index < -0.39 is 0 Å². The van der Waals surface area contributed by atoms with Crippen LogP contribution < -0.4 is 11.1 Å². The van der Waals surface area contributed by atoms with Crippen molar-refractivity contribution in [1.29, 1.82) is 0 Å². The second-order valence-electron chi connectivity index (χ2n) is 5.92. The number of amides is 1. The highest BCUT2D eigenvalue weighted by Crippen LogP contribution is 2.17. The molecule has 0 aromatic rings. The molecule has 1 saturated heterocycles. The van der Waals surface area contributed by atoms with Crippen LogP contribution in [0.1, 0.15) is 51.9 Å². The molecule has 4 nitrogen and oxygen atoms in total. The maximum Gasteiger partial charge on any atom is 0.220 e. The number of nitrogens with two attached hydrogens (primary N) is 1. The maximum atomic E-state index is 11.9. The van der Waals surface area contributed by atoms with Crippen LogP contribution in [0, 0.1) is 5.92 Å². The van der Waals surface area contributed by atoms with Crippen LogP contribution in [0.4, 0.5) is 0 Å². The van der Waals surface area contributed by atoms with Gasteiger partial charge in [-0.15, -0.1) is 0 Å². The normalized spacial score (nSPS) is 19.3. The molecule has 1 aliphatic heterocycles. The summed E-state index contributed by atoms with van der Waals surface area (Å²) in [6.45, 7) is 5.12. The molecule has 0 radical (unpaired) electrons. The molecular weight excluding hydrogens is 238 g/mol. The second kappa shape index (κ2) is 9.32. The molecule has 1 atom stereocenters. The fourth-order valence-corrected chi connectivity index (χ4v) is 2.86. The van der Waals surface area contributed by atoms with Crippen LogP contribution in [0.25, 0.3) is 0 Å². The van der Waals surface area contributed by atoms with E-state index in [2.05, 4.69) is 24.2 Å². The molecular formula is C15H31N3O. The number of likely N-dealkylation sites (tertiary alicyclic amines) is 1. The van der Waals surface area contributed by atoms with Crippen LogP contribution in [0.2, 0.25) is 0 Å². The number of nitrogens with one attached hydrogen (secondary N) is 1. The molecule has 1 aliphatic rings. The molecule has 1 fully saturated rings. The second-order valence-corrected chi connectivity index (χ2v) is 5.92. The van der Waals surface area contributed by atoms with Crippen molar-refractivity contribution >= 4 is 5.91 Å². The molecule has 112 valence electrons. The Morgan fingerprint density at radius 3 is 2.58 bits per heavy atom. The first-order valence-electron chi connectivity index (χ1n) is 7.83. The summed E-state index contributed by atoms with van der Waals surface area (Å²) in [6, 6.07) is 0.392. The van der Waals surface area contributed by atoms with E-state index in [4.69, 9.17) is 5.73 Å². The van der Waals surface area contributed by atoms with E-state index in [1.165, 1.54) is 12.8 Å². The zero-order valence-corrected chi connectivity index (χ0v) is 12.7. The van der Waals surface area contributed by atoms with Crippen LogP contribution in [-0.2, 0) is 4.79 Å². The van der Waals surface area contributed by atoms with Crippen LogP contribution in [-0.4, -0.2) is 43.5 Å². The van der Waals surface area contributed by atoms with Crippen LogP contribution >= 0.6 is 0 Å². The van der Waals surface area contributed by atoms with Gasteiger partial charge < -0.3 is 16.0 Å². The minimum absolute atomic E-state index is 0.229. The van der Waals surface area contributed by atoms with Gasteiger partial charge in [0.25, 0.3) is 0 Å². The first-order valence-corrected chi connectivity index (χ1v) is 7.83. The Morgan fingerprint density at radius 1 is 1.32 bits per heavy atom. The fraction of sp³-hybridized carbons (Fsp3) is 0.933. The Morgan fingerprint density at radius 2 is 2.00 bits per heavy atom. The predicted octanol–water partition coefficient (Wildman–Crippen LogP) is 1.74. The average Bonchev–Trinajstić information content (AvgIpc) is 2.39. The summed E-state index contributed by atoms with van der Waals surface area (Å²) in [7, 11) is 2.14. The zero-order chi connectivity index (χ0) is 14.1. The van der Waals surface area contributed by atoms with Gasteiger partial charge in [0.15, 0.2) is 0 Å². The maximum absolute atomic E-state index is 11.9. The lowest BCUT2D eigenvalue weighted by molar-refractivity contribution is -0.122. The highest BCUT2D eigenvalue weighted by Gasteiger charge is 2.18. The molecule has 1 rings (SSSR count). The third kappa shape index (κ3) is 6.92. The standard InChI is InChI=1S/C15H31N3O/c1-3-4-13(7-10-16)5-6-15(19)17-14-8-11-18(2)12-9-14/h13-14H,3-12,16H2,1-2H3,(H,17,19). The number of carbonyl (C=O) groups excluding carboxylic acids is 1. The topological polar surface area (TPSA) is 58.4 Å². The van der Waals surface area contributed by atoms with Gasteiger partial charge in [-0.3, -0.25) is 4.79 Å². The number of hydrogen-bond donors (Lipinski definition) is 2. The van der Waals surface area contributed by atoms with Gasteiger partial charge >= 0.3 is 0 Å². The first kappa shape index (κ1) is 16.4. The lowest BCUT2D eigenvalue weighted by Crippen LogP contribution is -2.43. The third-order valence-corrected chi connectivity index (χ3v) is 4.14. The third-order valence-electron chi connectivity index (χ3n) is 4.14. The van der Waals surface area contributed by atoms with Gasteiger partial charge in [0.2, 0.25) is 5.91 Å². The number of carbonyl (C=O) groups is 1. The molecule has 0 aromatic heterocycles. The molecule has 1 heterocycles. The summed E-state index contributed by atoms with van der Waals surface area (Å²) in [4.78, 5) is 14.3. The van der Waals surface area contributed by atoms with Crippen molar-refractivity contribution in [3.63, 3.8) is 0 Å². The Labute approximate surface area is 118 Å². The van der Waals surface area contributed by atoms with E-state index in [0.717, 1.165) is 45.3 Å². The molecule has 4 heteroatoms. The summed E-state index contributed by atoms with van der Waals surface area (Å²) < 4.78 is 0. The van der Waals surface area contributed by atoms with Crippen molar-refractivity contribution in [2.24, 2.45) is 11.7 Å². The van der Waals surface area contributed by atoms with E-state index >= 15 is 0 Å². The van der Waals surface area contributed by atoms with Crippen molar-refractivity contribution < 1.29 is 4.79 Å². The predicted molar refractivity (Wildman–Crippen MR) is 80.0 cm³/mol. The van der Waals surface area contributed by atoms with E-state index in [9.17, 15) is 4.79 Å². The average molecular weight is 269 g/mol. The Balaban J connectivity index is 2.19. The van der Waals surface area contributed by atoms with Crippen LogP contribution in [0.3, 0.4) is 0 Å². The molecule has 1 unspecified atom stereocenters. The Kier molecular flexibility index (Phi) is 8.07. The van der Waals surface area contributed by atoms with Crippen molar-refractivity contribution in [1.82, 2.24) is 10.2 Å². The highest BCUT2D eigenvalue weighted by molar-refractivity contribution is 5.76. The van der Waals surface area contributed by atoms with Gasteiger partial charge in [-0.1, -0.05) is 19.8 Å². The molecule has 3 N–H and O–H groups in total. The van der Waals surface area contributed by atoms with Gasteiger partial charge in [-0.05, 0) is 58.3 Å². The van der Waals surface area contributed by atoms with Gasteiger partial charge in [0.05, 0.1) is 0 Å². The molecule has 0 aliphatic carbocycles. The molecule has 0 spiro atoms. The first-order chi connectivity index (χ1) is 9.15. The number of rotatable bonds is 8. The minimum Gasteiger partial charge on any atom is -0.353 e. The zero-order valence-electron chi connectivity index (χ0n) is 12.7. The van der Waals surface area contributed by atoms with E-state index in [-0.39, 0.29) is 5.91 Å². The molecule has 19 heavy (non-hydrogen) atoms.